The first-order chi connectivity index (χ1) is 17.4. The lowest BCUT2D eigenvalue weighted by atomic mass is 9.86. The average Bonchev–Trinajstić information content (AvgIpc) is 3.21. The fourth-order valence-electron chi connectivity index (χ4n) is 6.89. The van der Waals surface area contributed by atoms with Gasteiger partial charge in [-0.1, -0.05) is 48.5 Å². The van der Waals surface area contributed by atoms with E-state index in [-0.39, 0.29) is 11.2 Å². The number of benzene rings is 2. The van der Waals surface area contributed by atoms with E-state index in [4.69, 9.17) is 9.47 Å². The largest absolute Gasteiger partial charge is 0.366 e. The van der Waals surface area contributed by atoms with Crippen LogP contribution in [0, 0.1) is 0 Å². The van der Waals surface area contributed by atoms with Gasteiger partial charge < -0.3 is 19.3 Å². The third-order valence-electron chi connectivity index (χ3n) is 9.14. The maximum atomic E-state index is 6.23. The van der Waals surface area contributed by atoms with Crippen LogP contribution in [0.1, 0.15) is 88.5 Å². The Morgan fingerprint density at radius 3 is 1.42 bits per heavy atom. The fraction of sp³-hybridized carbons (Fsp3) is 0.625. The van der Waals surface area contributed by atoms with Crippen LogP contribution < -0.4 is 0 Å². The average molecular weight is 491 g/mol. The molecule has 2 saturated heterocycles. The predicted octanol–water partition coefficient (Wildman–Crippen LogP) is 6.61. The Morgan fingerprint density at radius 1 is 0.583 bits per heavy atom. The van der Waals surface area contributed by atoms with Crippen LogP contribution >= 0.6 is 0 Å². The molecule has 4 aliphatic rings. The Bertz CT molecular complexity index is 939. The van der Waals surface area contributed by atoms with Crippen molar-refractivity contribution < 1.29 is 9.47 Å². The van der Waals surface area contributed by atoms with Crippen LogP contribution in [0.25, 0.3) is 0 Å². The highest BCUT2D eigenvalue weighted by Gasteiger charge is 2.42. The van der Waals surface area contributed by atoms with Crippen LogP contribution in [-0.2, 0) is 33.9 Å². The van der Waals surface area contributed by atoms with Crippen molar-refractivity contribution in [2.24, 2.45) is 0 Å². The summed E-state index contributed by atoms with van der Waals surface area (Å²) in [5.74, 6) is 0. The van der Waals surface area contributed by atoms with Gasteiger partial charge in [0, 0.05) is 25.2 Å². The number of likely N-dealkylation sites (tertiary alicyclic amines) is 2. The minimum Gasteiger partial charge on any atom is -0.366 e. The fourth-order valence-corrected chi connectivity index (χ4v) is 6.89. The van der Waals surface area contributed by atoms with Gasteiger partial charge in [-0.15, -0.1) is 0 Å². The minimum absolute atomic E-state index is 0.0141. The first-order valence-corrected chi connectivity index (χ1v) is 14.4. The highest BCUT2D eigenvalue weighted by molar-refractivity contribution is 5.36. The number of hydrogen-bond acceptors (Lipinski definition) is 4. The van der Waals surface area contributed by atoms with Crippen molar-refractivity contribution in [3.63, 3.8) is 0 Å². The summed E-state index contributed by atoms with van der Waals surface area (Å²) in [7, 11) is 0. The molecule has 0 aliphatic carbocycles. The standard InChI is InChI=1S/2C16H23NO/c2*1-13(2)17-10-5-8-16(9-11-17)15-7-4-3-6-14(15)12-18-16/h2*3-4,6-7,13H,5,8-12H2,1-2H3/t2*16-/m10/s1. The smallest absolute Gasteiger partial charge is 0.0952 e. The molecule has 36 heavy (non-hydrogen) atoms. The van der Waals surface area contributed by atoms with E-state index in [1.807, 2.05) is 0 Å². The van der Waals surface area contributed by atoms with Gasteiger partial charge in [0.25, 0.3) is 0 Å². The van der Waals surface area contributed by atoms with E-state index in [9.17, 15) is 0 Å². The SMILES string of the molecule is CC(C)N1CCC[C@@]2(CC1)OCc1ccccc12.CC(C)N1CCC[C@]2(CC1)OCc1ccccc12. The van der Waals surface area contributed by atoms with Crippen LogP contribution in [0.2, 0.25) is 0 Å². The third-order valence-corrected chi connectivity index (χ3v) is 9.14. The molecule has 0 bridgehead atoms. The molecule has 2 aromatic carbocycles. The number of hydrogen-bond donors (Lipinski definition) is 0. The maximum absolute atomic E-state index is 6.23. The molecule has 0 saturated carbocycles. The molecule has 0 N–H and O–H groups in total. The van der Waals surface area contributed by atoms with Gasteiger partial charge in [-0.05, 0) is 102 Å². The molecule has 0 radical (unpaired) electrons. The van der Waals surface area contributed by atoms with Gasteiger partial charge in [0.15, 0.2) is 0 Å². The lowest BCUT2D eigenvalue weighted by Crippen LogP contribution is -2.33. The van der Waals surface area contributed by atoms with E-state index in [0.717, 1.165) is 39.1 Å². The maximum Gasteiger partial charge on any atom is 0.0952 e. The Balaban J connectivity index is 0.000000148. The predicted molar refractivity (Wildman–Crippen MR) is 147 cm³/mol. The van der Waals surface area contributed by atoms with Crippen LogP contribution in [-0.4, -0.2) is 48.1 Å². The molecule has 2 spiro atoms. The van der Waals surface area contributed by atoms with Crippen molar-refractivity contribution in [1.82, 2.24) is 9.80 Å². The summed E-state index contributed by atoms with van der Waals surface area (Å²) in [5.41, 5.74) is 5.73. The van der Waals surface area contributed by atoms with Crippen molar-refractivity contribution in [2.75, 3.05) is 26.2 Å². The Hall–Kier alpha value is -1.72. The van der Waals surface area contributed by atoms with Crippen molar-refractivity contribution in [2.45, 2.75) is 103 Å². The zero-order chi connectivity index (χ0) is 25.2. The number of rotatable bonds is 2. The molecule has 0 amide bonds. The number of fused-ring (bicyclic) bond motifs is 4. The molecule has 4 heterocycles. The molecule has 4 nitrogen and oxygen atoms in total. The molecule has 2 atom stereocenters. The molecule has 6 rings (SSSR count). The van der Waals surface area contributed by atoms with E-state index in [0.29, 0.717) is 12.1 Å². The van der Waals surface area contributed by atoms with Gasteiger partial charge in [-0.3, -0.25) is 0 Å². The summed E-state index contributed by atoms with van der Waals surface area (Å²) in [4.78, 5) is 5.16. The Kier molecular flexibility index (Phi) is 7.88. The molecular formula is C32H46N2O2. The highest BCUT2D eigenvalue weighted by Crippen LogP contribution is 2.45. The third kappa shape index (κ3) is 5.15. The van der Waals surface area contributed by atoms with Crippen molar-refractivity contribution in [3.05, 3.63) is 70.8 Å². The quantitative estimate of drug-likeness (QED) is 0.473. The van der Waals surface area contributed by atoms with Crippen LogP contribution in [0.3, 0.4) is 0 Å². The van der Waals surface area contributed by atoms with Crippen molar-refractivity contribution in [1.29, 1.82) is 0 Å². The first-order valence-electron chi connectivity index (χ1n) is 14.4. The van der Waals surface area contributed by atoms with Gasteiger partial charge in [0.05, 0.1) is 24.4 Å². The van der Waals surface area contributed by atoms with E-state index in [2.05, 4.69) is 86.0 Å². The van der Waals surface area contributed by atoms with E-state index < -0.39 is 0 Å². The molecule has 2 fully saturated rings. The monoisotopic (exact) mass is 490 g/mol. The van der Waals surface area contributed by atoms with E-state index in [1.54, 1.807) is 0 Å². The number of nitrogens with zero attached hydrogens (tertiary/aromatic N) is 2. The minimum atomic E-state index is 0.0141. The van der Waals surface area contributed by atoms with Crippen LogP contribution in [0.15, 0.2) is 48.5 Å². The molecule has 0 unspecified atom stereocenters. The Morgan fingerprint density at radius 2 is 1.00 bits per heavy atom. The molecule has 2 aromatic rings. The zero-order valence-electron chi connectivity index (χ0n) is 23.0. The van der Waals surface area contributed by atoms with Crippen molar-refractivity contribution in [3.8, 4) is 0 Å². The summed E-state index contributed by atoms with van der Waals surface area (Å²) < 4.78 is 12.5. The van der Waals surface area contributed by atoms with E-state index in [1.165, 1.54) is 61.0 Å². The molecule has 4 heteroatoms. The zero-order valence-corrected chi connectivity index (χ0v) is 23.0. The first kappa shape index (κ1) is 25.9. The summed E-state index contributed by atoms with van der Waals surface area (Å²) in [6, 6.07) is 18.8. The Labute approximate surface area is 219 Å². The summed E-state index contributed by atoms with van der Waals surface area (Å²) in [6.07, 6.45) is 7.11. The lowest BCUT2D eigenvalue weighted by Gasteiger charge is -2.29. The second-order valence-corrected chi connectivity index (χ2v) is 11.8. The second-order valence-electron chi connectivity index (χ2n) is 11.8. The number of ether oxygens (including phenoxy) is 2. The molecular weight excluding hydrogens is 444 g/mol. The summed E-state index contributed by atoms with van der Waals surface area (Å²) in [5, 5.41) is 0. The summed E-state index contributed by atoms with van der Waals surface area (Å²) >= 11 is 0. The molecule has 4 aliphatic heterocycles. The van der Waals surface area contributed by atoms with Crippen molar-refractivity contribution >= 4 is 0 Å². The van der Waals surface area contributed by atoms with E-state index >= 15 is 0 Å². The second kappa shape index (κ2) is 10.9. The van der Waals surface area contributed by atoms with Gasteiger partial charge >= 0.3 is 0 Å². The van der Waals surface area contributed by atoms with Crippen LogP contribution in [0.5, 0.6) is 0 Å². The highest BCUT2D eigenvalue weighted by atomic mass is 16.5. The van der Waals surface area contributed by atoms with Gasteiger partial charge in [-0.25, -0.2) is 0 Å². The van der Waals surface area contributed by atoms with Gasteiger partial charge in [0.1, 0.15) is 0 Å². The van der Waals surface area contributed by atoms with Gasteiger partial charge in [0.2, 0.25) is 0 Å². The molecule has 196 valence electrons. The summed E-state index contributed by atoms with van der Waals surface area (Å²) in [6.45, 7) is 15.5. The normalized spacial score (nSPS) is 28.6. The topological polar surface area (TPSA) is 24.9 Å². The lowest BCUT2D eigenvalue weighted by molar-refractivity contribution is -0.0490. The molecule has 0 aromatic heterocycles. The van der Waals surface area contributed by atoms with Crippen LogP contribution in [0.4, 0.5) is 0 Å². The van der Waals surface area contributed by atoms with Gasteiger partial charge in [-0.2, -0.15) is 0 Å².